The Morgan fingerprint density at radius 3 is 2.26 bits per heavy atom. The van der Waals surface area contributed by atoms with Crippen molar-refractivity contribution in [1.29, 1.82) is 0 Å². The summed E-state index contributed by atoms with van der Waals surface area (Å²) < 4.78 is 0. The minimum atomic E-state index is 0.596. The summed E-state index contributed by atoms with van der Waals surface area (Å²) in [5, 5.41) is 0. The molecule has 1 aromatic rings. The summed E-state index contributed by atoms with van der Waals surface area (Å²) in [4.78, 5) is 5.00. The summed E-state index contributed by atoms with van der Waals surface area (Å²) in [6.45, 7) is 9.70. The molecule has 0 aromatic heterocycles. The number of nitrogens with two attached hydrogens (primary N) is 1. The fourth-order valence-electron chi connectivity index (χ4n) is 2.50. The molecular formula is C16H25N3. The van der Waals surface area contributed by atoms with Gasteiger partial charge in [-0.1, -0.05) is 24.3 Å². The number of piperazine rings is 1. The maximum Gasteiger partial charge on any atom is 0.0367 e. The van der Waals surface area contributed by atoms with E-state index < -0.39 is 0 Å². The highest BCUT2D eigenvalue weighted by atomic mass is 15.3. The first-order valence-electron chi connectivity index (χ1n) is 7.16. The van der Waals surface area contributed by atoms with Crippen molar-refractivity contribution in [3.8, 4) is 0 Å². The number of anilines is 1. The zero-order valence-corrected chi connectivity index (χ0v) is 12.0. The van der Waals surface area contributed by atoms with Crippen LogP contribution in [0.3, 0.4) is 0 Å². The van der Waals surface area contributed by atoms with Crippen LogP contribution in [0.15, 0.2) is 30.3 Å². The monoisotopic (exact) mass is 259 g/mol. The Morgan fingerprint density at radius 2 is 1.74 bits per heavy atom. The zero-order valence-electron chi connectivity index (χ0n) is 12.0. The van der Waals surface area contributed by atoms with E-state index in [0.29, 0.717) is 12.6 Å². The molecule has 0 radical (unpaired) electrons. The number of benzene rings is 1. The molecule has 1 aromatic carbocycles. The second-order valence-corrected chi connectivity index (χ2v) is 5.35. The van der Waals surface area contributed by atoms with E-state index in [1.807, 2.05) is 6.08 Å². The van der Waals surface area contributed by atoms with Crippen molar-refractivity contribution in [2.75, 3.05) is 37.6 Å². The molecule has 1 aliphatic heterocycles. The van der Waals surface area contributed by atoms with Gasteiger partial charge >= 0.3 is 0 Å². The van der Waals surface area contributed by atoms with E-state index in [4.69, 9.17) is 5.73 Å². The van der Waals surface area contributed by atoms with Gasteiger partial charge in [-0.05, 0) is 31.5 Å². The Bertz CT molecular complexity index is 401. The van der Waals surface area contributed by atoms with Crippen LogP contribution in [0, 0.1) is 0 Å². The Hall–Kier alpha value is -1.32. The molecule has 104 valence electrons. The summed E-state index contributed by atoms with van der Waals surface area (Å²) in [6, 6.07) is 9.40. The molecule has 0 aliphatic carbocycles. The second kappa shape index (κ2) is 6.73. The van der Waals surface area contributed by atoms with Gasteiger partial charge in [-0.2, -0.15) is 0 Å². The zero-order chi connectivity index (χ0) is 13.7. The van der Waals surface area contributed by atoms with E-state index in [1.165, 1.54) is 11.3 Å². The highest BCUT2D eigenvalue weighted by molar-refractivity contribution is 5.56. The minimum Gasteiger partial charge on any atom is -0.369 e. The van der Waals surface area contributed by atoms with Crippen LogP contribution in [0.5, 0.6) is 0 Å². The van der Waals surface area contributed by atoms with Crippen LogP contribution in [-0.4, -0.2) is 43.7 Å². The predicted molar refractivity (Wildman–Crippen MR) is 83.5 cm³/mol. The van der Waals surface area contributed by atoms with E-state index >= 15 is 0 Å². The topological polar surface area (TPSA) is 32.5 Å². The van der Waals surface area contributed by atoms with Gasteiger partial charge in [0.2, 0.25) is 0 Å². The van der Waals surface area contributed by atoms with Crippen molar-refractivity contribution in [2.24, 2.45) is 5.73 Å². The first kappa shape index (κ1) is 14.1. The second-order valence-electron chi connectivity index (χ2n) is 5.35. The largest absolute Gasteiger partial charge is 0.369 e. The smallest absolute Gasteiger partial charge is 0.0367 e. The molecule has 0 atom stereocenters. The SMILES string of the molecule is CC(C)N1CCN(c2ccc(/C=C/CN)cc2)CC1. The van der Waals surface area contributed by atoms with Crippen LogP contribution in [0.1, 0.15) is 19.4 Å². The molecular weight excluding hydrogens is 234 g/mol. The van der Waals surface area contributed by atoms with Crippen molar-refractivity contribution in [3.05, 3.63) is 35.9 Å². The molecule has 19 heavy (non-hydrogen) atoms. The lowest BCUT2D eigenvalue weighted by atomic mass is 10.1. The average molecular weight is 259 g/mol. The van der Waals surface area contributed by atoms with Crippen molar-refractivity contribution < 1.29 is 0 Å². The standard InChI is InChI=1S/C16H25N3/c1-14(2)18-10-12-19(13-11-18)16-7-5-15(6-8-16)4-3-9-17/h3-8,14H,9-13,17H2,1-2H3/b4-3+. The van der Waals surface area contributed by atoms with E-state index in [1.54, 1.807) is 0 Å². The maximum atomic E-state index is 5.46. The molecule has 1 aliphatic rings. The molecule has 0 saturated carbocycles. The normalized spacial score (nSPS) is 17.6. The van der Waals surface area contributed by atoms with E-state index in [2.05, 4.69) is 54.0 Å². The van der Waals surface area contributed by atoms with Crippen LogP contribution in [0.4, 0.5) is 5.69 Å². The Kier molecular flexibility index (Phi) is 5.00. The molecule has 3 nitrogen and oxygen atoms in total. The molecule has 2 rings (SSSR count). The summed E-state index contributed by atoms with van der Waals surface area (Å²) in [7, 11) is 0. The summed E-state index contributed by atoms with van der Waals surface area (Å²) in [5.74, 6) is 0. The number of nitrogens with zero attached hydrogens (tertiary/aromatic N) is 2. The molecule has 2 N–H and O–H groups in total. The van der Waals surface area contributed by atoms with Gasteiger partial charge in [-0.15, -0.1) is 0 Å². The van der Waals surface area contributed by atoms with Gasteiger partial charge in [0, 0.05) is 44.5 Å². The highest BCUT2D eigenvalue weighted by Gasteiger charge is 2.18. The van der Waals surface area contributed by atoms with Gasteiger partial charge in [0.05, 0.1) is 0 Å². The van der Waals surface area contributed by atoms with Crippen LogP contribution in [0.2, 0.25) is 0 Å². The fourth-order valence-corrected chi connectivity index (χ4v) is 2.50. The summed E-state index contributed by atoms with van der Waals surface area (Å²) in [5.41, 5.74) is 8.01. The van der Waals surface area contributed by atoms with Crippen LogP contribution >= 0.6 is 0 Å². The third-order valence-electron chi connectivity index (χ3n) is 3.75. The van der Waals surface area contributed by atoms with Gasteiger partial charge in [-0.3, -0.25) is 4.90 Å². The highest BCUT2D eigenvalue weighted by Crippen LogP contribution is 2.18. The summed E-state index contributed by atoms with van der Waals surface area (Å²) >= 11 is 0. The van der Waals surface area contributed by atoms with Crippen molar-refractivity contribution in [2.45, 2.75) is 19.9 Å². The Morgan fingerprint density at radius 1 is 1.11 bits per heavy atom. The van der Waals surface area contributed by atoms with Crippen LogP contribution < -0.4 is 10.6 Å². The van der Waals surface area contributed by atoms with E-state index in [0.717, 1.165) is 26.2 Å². The third kappa shape index (κ3) is 3.82. The van der Waals surface area contributed by atoms with Crippen molar-refractivity contribution >= 4 is 11.8 Å². The molecule has 1 heterocycles. The molecule has 0 unspecified atom stereocenters. The van der Waals surface area contributed by atoms with E-state index in [9.17, 15) is 0 Å². The quantitative estimate of drug-likeness (QED) is 0.899. The average Bonchev–Trinajstić information content (AvgIpc) is 2.46. The molecule has 0 amide bonds. The van der Waals surface area contributed by atoms with Crippen LogP contribution in [-0.2, 0) is 0 Å². The first-order chi connectivity index (χ1) is 9.20. The minimum absolute atomic E-state index is 0.596. The molecule has 0 spiro atoms. The van der Waals surface area contributed by atoms with Gasteiger partial charge in [0.15, 0.2) is 0 Å². The van der Waals surface area contributed by atoms with Gasteiger partial charge < -0.3 is 10.6 Å². The first-order valence-corrected chi connectivity index (χ1v) is 7.16. The van der Waals surface area contributed by atoms with Gasteiger partial charge in [0.1, 0.15) is 0 Å². The van der Waals surface area contributed by atoms with Gasteiger partial charge in [-0.25, -0.2) is 0 Å². The summed E-state index contributed by atoms with van der Waals surface area (Å²) in [6.07, 6.45) is 4.05. The molecule has 0 bridgehead atoms. The van der Waals surface area contributed by atoms with Crippen molar-refractivity contribution in [1.82, 2.24) is 4.90 Å². The Balaban J connectivity index is 1.94. The third-order valence-corrected chi connectivity index (χ3v) is 3.75. The van der Waals surface area contributed by atoms with E-state index in [-0.39, 0.29) is 0 Å². The van der Waals surface area contributed by atoms with Crippen LogP contribution in [0.25, 0.3) is 6.08 Å². The number of hydrogen-bond acceptors (Lipinski definition) is 3. The maximum absolute atomic E-state index is 5.46. The van der Waals surface area contributed by atoms with Gasteiger partial charge in [0.25, 0.3) is 0 Å². The predicted octanol–water partition coefficient (Wildman–Crippen LogP) is 2.19. The molecule has 3 heteroatoms. The lowest BCUT2D eigenvalue weighted by Gasteiger charge is -2.38. The fraction of sp³-hybridized carbons (Fsp3) is 0.500. The Labute approximate surface area is 116 Å². The number of hydrogen-bond donors (Lipinski definition) is 1. The lowest BCUT2D eigenvalue weighted by molar-refractivity contribution is 0.209. The van der Waals surface area contributed by atoms with Crippen molar-refractivity contribution in [3.63, 3.8) is 0 Å². The molecule has 1 fully saturated rings. The lowest BCUT2D eigenvalue weighted by Crippen LogP contribution is -2.48. The molecule has 1 saturated heterocycles. The number of rotatable bonds is 4.